The van der Waals surface area contributed by atoms with E-state index in [1.807, 2.05) is 0 Å². The molecule has 7 nitrogen and oxygen atoms in total. The number of hydrogen-bond acceptors (Lipinski definition) is 6. The highest BCUT2D eigenvalue weighted by molar-refractivity contribution is 7.92. The Bertz CT molecular complexity index is 483. The van der Waals surface area contributed by atoms with E-state index in [-0.39, 0.29) is 12.2 Å². The number of methoxy groups -OCH3 is 1. The van der Waals surface area contributed by atoms with Crippen LogP contribution in [0.4, 0.5) is 11.5 Å². The average Bonchev–Trinajstić information content (AvgIpc) is 2.29. The molecule has 0 fully saturated rings. The quantitative estimate of drug-likeness (QED) is 0.718. The number of carbonyl (C=O) groups is 1. The monoisotopic (exact) mass is 259 g/mol. The number of sulfonamides is 1. The second-order valence-corrected chi connectivity index (χ2v) is 5.06. The van der Waals surface area contributed by atoms with Gasteiger partial charge in [-0.3, -0.25) is 9.52 Å². The van der Waals surface area contributed by atoms with Crippen molar-refractivity contribution in [3.8, 4) is 0 Å². The maximum atomic E-state index is 11.5. The minimum Gasteiger partial charge on any atom is -0.469 e. The number of nitrogens with zero attached hydrogens (tertiary/aromatic N) is 1. The van der Waals surface area contributed by atoms with Gasteiger partial charge in [-0.15, -0.1) is 0 Å². The highest BCUT2D eigenvalue weighted by Crippen LogP contribution is 2.09. The van der Waals surface area contributed by atoms with E-state index in [0.29, 0.717) is 11.5 Å². The van der Waals surface area contributed by atoms with E-state index >= 15 is 0 Å². The lowest BCUT2D eigenvalue weighted by Crippen LogP contribution is -2.19. The zero-order chi connectivity index (χ0) is 12.9. The van der Waals surface area contributed by atoms with Crippen LogP contribution in [-0.2, 0) is 19.6 Å². The van der Waals surface area contributed by atoms with Gasteiger partial charge in [0.2, 0.25) is 10.0 Å². The van der Waals surface area contributed by atoms with Gasteiger partial charge < -0.3 is 10.5 Å². The van der Waals surface area contributed by atoms with Crippen molar-refractivity contribution in [3.05, 3.63) is 18.3 Å². The number of aromatic nitrogens is 1. The minimum atomic E-state index is -3.58. The Morgan fingerprint density at radius 2 is 2.24 bits per heavy atom. The Kier molecular flexibility index (Phi) is 4.27. The van der Waals surface area contributed by atoms with Crippen LogP contribution in [0.5, 0.6) is 0 Å². The van der Waals surface area contributed by atoms with Crippen LogP contribution in [0.2, 0.25) is 0 Å². The summed E-state index contributed by atoms with van der Waals surface area (Å²) in [5, 5.41) is 0. The van der Waals surface area contributed by atoms with E-state index < -0.39 is 16.0 Å². The molecule has 1 rings (SSSR count). The van der Waals surface area contributed by atoms with E-state index in [1.165, 1.54) is 25.4 Å². The smallest absolute Gasteiger partial charge is 0.306 e. The van der Waals surface area contributed by atoms with E-state index in [2.05, 4.69) is 14.4 Å². The van der Waals surface area contributed by atoms with E-state index in [4.69, 9.17) is 5.73 Å². The Balaban J connectivity index is 2.60. The third kappa shape index (κ3) is 4.68. The normalized spacial score (nSPS) is 10.9. The van der Waals surface area contributed by atoms with Crippen molar-refractivity contribution in [3.63, 3.8) is 0 Å². The third-order valence-electron chi connectivity index (χ3n) is 1.86. The number of hydrogen-bond donors (Lipinski definition) is 2. The van der Waals surface area contributed by atoms with E-state index in [0.717, 1.165) is 0 Å². The molecule has 0 bridgehead atoms. The molecule has 1 aromatic rings. The zero-order valence-corrected chi connectivity index (χ0v) is 10.0. The van der Waals surface area contributed by atoms with Gasteiger partial charge in [0.1, 0.15) is 5.82 Å². The fourth-order valence-corrected chi connectivity index (χ4v) is 2.03. The van der Waals surface area contributed by atoms with Gasteiger partial charge in [0, 0.05) is 0 Å². The van der Waals surface area contributed by atoms with Crippen molar-refractivity contribution in [2.45, 2.75) is 6.42 Å². The number of anilines is 2. The first-order valence-corrected chi connectivity index (χ1v) is 6.37. The molecule has 17 heavy (non-hydrogen) atoms. The number of ether oxygens (including phenoxy) is 1. The van der Waals surface area contributed by atoms with Crippen LogP contribution in [0.25, 0.3) is 0 Å². The predicted octanol–water partition coefficient (Wildman–Crippen LogP) is -0.0314. The van der Waals surface area contributed by atoms with Crippen LogP contribution in [0.15, 0.2) is 18.3 Å². The molecule has 0 saturated carbocycles. The van der Waals surface area contributed by atoms with Crippen molar-refractivity contribution in [1.29, 1.82) is 0 Å². The van der Waals surface area contributed by atoms with Crippen molar-refractivity contribution < 1.29 is 17.9 Å². The fourth-order valence-electron chi connectivity index (χ4n) is 1.02. The first-order valence-electron chi connectivity index (χ1n) is 4.72. The summed E-state index contributed by atoms with van der Waals surface area (Å²) in [4.78, 5) is 14.5. The Morgan fingerprint density at radius 3 is 2.76 bits per heavy atom. The number of nitrogens with one attached hydrogen (secondary N) is 1. The molecule has 0 aliphatic rings. The average molecular weight is 259 g/mol. The van der Waals surface area contributed by atoms with Crippen LogP contribution in [0.1, 0.15) is 6.42 Å². The summed E-state index contributed by atoms with van der Waals surface area (Å²) in [7, 11) is -2.38. The summed E-state index contributed by atoms with van der Waals surface area (Å²) in [5.74, 6) is -0.627. The van der Waals surface area contributed by atoms with Gasteiger partial charge in [0.05, 0.1) is 31.2 Å². The van der Waals surface area contributed by atoms with Crippen LogP contribution in [0.3, 0.4) is 0 Å². The molecule has 1 aromatic heterocycles. The minimum absolute atomic E-state index is 0.200. The Labute approximate surface area is 99.0 Å². The summed E-state index contributed by atoms with van der Waals surface area (Å²) in [5.41, 5.74) is 5.65. The molecule has 0 aliphatic carbocycles. The lowest BCUT2D eigenvalue weighted by Gasteiger charge is -2.06. The number of nitrogens with two attached hydrogens (primary N) is 1. The topological polar surface area (TPSA) is 111 Å². The molecule has 0 radical (unpaired) electrons. The van der Waals surface area contributed by atoms with Gasteiger partial charge in [-0.25, -0.2) is 13.4 Å². The number of carbonyl (C=O) groups excluding carboxylic acids is 1. The molecule has 8 heteroatoms. The first kappa shape index (κ1) is 13.2. The van der Waals surface area contributed by atoms with Gasteiger partial charge in [0.25, 0.3) is 0 Å². The summed E-state index contributed by atoms with van der Waals surface area (Å²) in [6.07, 6.45) is 1.10. The van der Waals surface area contributed by atoms with Gasteiger partial charge >= 0.3 is 5.97 Å². The van der Waals surface area contributed by atoms with Gasteiger partial charge in [-0.05, 0) is 12.1 Å². The predicted molar refractivity (Wildman–Crippen MR) is 62.7 cm³/mol. The summed E-state index contributed by atoms with van der Waals surface area (Å²) < 4.78 is 29.7. The molecule has 1 heterocycles. The molecular formula is C9H13N3O4S. The molecule has 0 amide bonds. The number of nitrogen functional groups attached to an aromatic ring is 1. The second-order valence-electron chi connectivity index (χ2n) is 3.22. The molecule has 0 aromatic carbocycles. The number of pyridine rings is 1. The largest absolute Gasteiger partial charge is 0.469 e. The van der Waals surface area contributed by atoms with E-state index in [1.54, 1.807) is 0 Å². The van der Waals surface area contributed by atoms with Crippen molar-refractivity contribution in [2.75, 3.05) is 23.3 Å². The van der Waals surface area contributed by atoms with Crippen LogP contribution in [0, 0.1) is 0 Å². The molecule has 3 N–H and O–H groups in total. The highest BCUT2D eigenvalue weighted by Gasteiger charge is 2.13. The van der Waals surface area contributed by atoms with Gasteiger partial charge in [-0.1, -0.05) is 0 Å². The Morgan fingerprint density at radius 1 is 1.53 bits per heavy atom. The molecule has 0 unspecified atom stereocenters. The lowest BCUT2D eigenvalue weighted by molar-refractivity contribution is -0.140. The van der Waals surface area contributed by atoms with Crippen molar-refractivity contribution in [2.24, 2.45) is 0 Å². The molecule has 94 valence electrons. The standard InChI is InChI=1S/C9H13N3O4S/c1-16-9(13)4-5-17(14,15)12-7-2-3-8(10)11-6-7/h2-3,6,12H,4-5H2,1H3,(H2,10,11). The van der Waals surface area contributed by atoms with Crippen molar-refractivity contribution in [1.82, 2.24) is 4.98 Å². The van der Waals surface area contributed by atoms with Gasteiger partial charge in [-0.2, -0.15) is 0 Å². The molecule has 0 saturated heterocycles. The fraction of sp³-hybridized carbons (Fsp3) is 0.333. The maximum absolute atomic E-state index is 11.5. The lowest BCUT2D eigenvalue weighted by atomic mass is 10.4. The van der Waals surface area contributed by atoms with Crippen LogP contribution < -0.4 is 10.5 Å². The van der Waals surface area contributed by atoms with Gasteiger partial charge in [0.15, 0.2) is 0 Å². The zero-order valence-electron chi connectivity index (χ0n) is 9.21. The van der Waals surface area contributed by atoms with Crippen molar-refractivity contribution >= 4 is 27.5 Å². The number of esters is 1. The highest BCUT2D eigenvalue weighted by atomic mass is 32.2. The first-order chi connectivity index (χ1) is 7.93. The Hall–Kier alpha value is -1.83. The second kappa shape index (κ2) is 5.48. The summed E-state index contributed by atoms with van der Waals surface area (Å²) in [6, 6.07) is 2.95. The third-order valence-corrected chi connectivity index (χ3v) is 3.15. The molecular weight excluding hydrogens is 246 g/mol. The number of rotatable bonds is 5. The molecule has 0 aliphatic heterocycles. The summed E-state index contributed by atoms with van der Waals surface area (Å²) in [6.45, 7) is 0. The van der Waals surface area contributed by atoms with E-state index in [9.17, 15) is 13.2 Å². The summed E-state index contributed by atoms with van der Waals surface area (Å²) >= 11 is 0. The molecule has 0 spiro atoms. The van der Waals surface area contributed by atoms with Crippen LogP contribution in [-0.4, -0.2) is 32.2 Å². The maximum Gasteiger partial charge on any atom is 0.306 e. The van der Waals surface area contributed by atoms with Crippen LogP contribution >= 0.6 is 0 Å². The SMILES string of the molecule is COC(=O)CCS(=O)(=O)Nc1ccc(N)nc1. The molecule has 0 atom stereocenters.